The first kappa shape index (κ1) is 19.8. The molecule has 3 N–H and O–H groups in total. The van der Waals surface area contributed by atoms with Crippen molar-refractivity contribution in [3.8, 4) is 0 Å². The molecule has 0 unspecified atom stereocenters. The van der Waals surface area contributed by atoms with Gasteiger partial charge in [0.05, 0.1) is 10.8 Å². The number of nitrogens with one attached hydrogen (secondary N) is 1. The van der Waals surface area contributed by atoms with Gasteiger partial charge in [0.15, 0.2) is 0 Å². The number of nitrogens with zero attached hydrogens (tertiary/aromatic N) is 1. The largest absolute Gasteiger partial charge is 0.355 e. The number of carbonyl (C=O) groups is 2. The molecule has 0 radical (unpaired) electrons. The summed E-state index contributed by atoms with van der Waals surface area (Å²) in [6, 6.07) is 6.61. The van der Waals surface area contributed by atoms with Crippen LogP contribution in [0.1, 0.15) is 44.1 Å². The number of benzene rings is 1. The summed E-state index contributed by atoms with van der Waals surface area (Å²) in [5.74, 6) is -0.257. The van der Waals surface area contributed by atoms with Crippen molar-refractivity contribution in [1.82, 2.24) is 10.2 Å². The quantitative estimate of drug-likeness (QED) is 0.756. The molecular formula is C19H27N3O4S. The van der Waals surface area contributed by atoms with Crippen molar-refractivity contribution >= 4 is 21.8 Å². The van der Waals surface area contributed by atoms with E-state index in [2.05, 4.69) is 5.32 Å². The van der Waals surface area contributed by atoms with E-state index in [0.717, 1.165) is 31.2 Å². The van der Waals surface area contributed by atoms with Crippen molar-refractivity contribution in [3.05, 3.63) is 29.8 Å². The van der Waals surface area contributed by atoms with E-state index in [1.807, 2.05) is 4.90 Å². The van der Waals surface area contributed by atoms with Crippen LogP contribution in [0.25, 0.3) is 0 Å². The van der Waals surface area contributed by atoms with E-state index in [1.54, 1.807) is 12.1 Å². The molecule has 7 nitrogen and oxygen atoms in total. The van der Waals surface area contributed by atoms with E-state index in [4.69, 9.17) is 5.14 Å². The molecule has 2 fully saturated rings. The molecule has 3 rings (SSSR count). The van der Waals surface area contributed by atoms with Gasteiger partial charge in [-0.05, 0) is 37.0 Å². The minimum absolute atomic E-state index is 0.0718. The molecule has 0 bridgehead atoms. The summed E-state index contributed by atoms with van der Waals surface area (Å²) in [7, 11) is -3.69. The molecule has 148 valence electrons. The second-order valence-corrected chi connectivity index (χ2v) is 9.03. The Balaban J connectivity index is 1.46. The van der Waals surface area contributed by atoms with E-state index in [9.17, 15) is 18.0 Å². The molecule has 2 amide bonds. The van der Waals surface area contributed by atoms with Crippen LogP contribution in [0.4, 0.5) is 0 Å². The lowest BCUT2D eigenvalue weighted by Crippen LogP contribution is -2.39. The van der Waals surface area contributed by atoms with Gasteiger partial charge in [0.2, 0.25) is 21.8 Å². The van der Waals surface area contributed by atoms with Crippen LogP contribution >= 0.6 is 0 Å². The number of rotatable bonds is 6. The maximum atomic E-state index is 12.4. The third-order valence-corrected chi connectivity index (χ3v) is 6.44. The Labute approximate surface area is 160 Å². The highest BCUT2D eigenvalue weighted by molar-refractivity contribution is 7.89. The molecule has 1 saturated carbocycles. The molecule has 1 aliphatic carbocycles. The monoisotopic (exact) mass is 393 g/mol. The zero-order valence-electron chi connectivity index (χ0n) is 15.4. The number of hydrogen-bond acceptors (Lipinski definition) is 4. The van der Waals surface area contributed by atoms with E-state index >= 15 is 0 Å². The molecule has 1 saturated heterocycles. The van der Waals surface area contributed by atoms with E-state index < -0.39 is 10.0 Å². The van der Waals surface area contributed by atoms with Gasteiger partial charge < -0.3 is 10.2 Å². The molecule has 1 aromatic rings. The van der Waals surface area contributed by atoms with Gasteiger partial charge in [-0.25, -0.2) is 13.6 Å². The van der Waals surface area contributed by atoms with E-state index in [-0.39, 0.29) is 22.6 Å². The van der Waals surface area contributed by atoms with E-state index in [1.165, 1.54) is 18.6 Å². The summed E-state index contributed by atoms with van der Waals surface area (Å²) >= 11 is 0. The minimum Gasteiger partial charge on any atom is -0.355 e. The van der Waals surface area contributed by atoms with Crippen LogP contribution in [0, 0.1) is 5.92 Å². The lowest BCUT2D eigenvalue weighted by molar-refractivity contribution is -0.130. The van der Waals surface area contributed by atoms with Crippen molar-refractivity contribution in [1.29, 1.82) is 0 Å². The molecule has 0 spiro atoms. The standard InChI is InChI=1S/C19H27N3O4S/c20-27(25,26)17-8-6-14(7-9-17)10-11-21-19(24)15-12-18(23)22(13-15)16-4-2-1-3-5-16/h6-9,15-16H,1-5,10-13H2,(H,21,24)(H2,20,25,26)/t15-/m0/s1. The van der Waals surface area contributed by atoms with Crippen LogP contribution in [-0.2, 0) is 26.0 Å². The minimum atomic E-state index is -3.69. The first-order chi connectivity index (χ1) is 12.8. The van der Waals surface area contributed by atoms with Gasteiger partial charge in [-0.2, -0.15) is 0 Å². The number of likely N-dealkylation sites (tertiary alicyclic amines) is 1. The average molecular weight is 394 g/mol. The molecule has 1 aliphatic heterocycles. The highest BCUT2D eigenvalue weighted by Crippen LogP contribution is 2.28. The molecule has 0 aromatic heterocycles. The summed E-state index contributed by atoms with van der Waals surface area (Å²) < 4.78 is 22.5. The first-order valence-corrected chi connectivity index (χ1v) is 11.1. The van der Waals surface area contributed by atoms with Gasteiger partial charge in [0, 0.05) is 25.6 Å². The fourth-order valence-corrected chi connectivity index (χ4v) is 4.49. The molecule has 1 atom stereocenters. The average Bonchev–Trinajstić information content (AvgIpc) is 3.04. The summed E-state index contributed by atoms with van der Waals surface area (Å²) in [5.41, 5.74) is 0.911. The van der Waals surface area contributed by atoms with Crippen molar-refractivity contribution in [2.24, 2.45) is 11.1 Å². The Morgan fingerprint density at radius 1 is 1.15 bits per heavy atom. The third-order valence-electron chi connectivity index (χ3n) is 5.51. The van der Waals surface area contributed by atoms with Gasteiger partial charge in [-0.15, -0.1) is 0 Å². The van der Waals surface area contributed by atoms with Crippen LogP contribution in [0.3, 0.4) is 0 Å². The van der Waals surface area contributed by atoms with Crippen molar-refractivity contribution in [2.45, 2.75) is 55.9 Å². The lowest BCUT2D eigenvalue weighted by atomic mass is 9.94. The fraction of sp³-hybridized carbons (Fsp3) is 0.579. The Morgan fingerprint density at radius 2 is 1.81 bits per heavy atom. The fourth-order valence-electron chi connectivity index (χ4n) is 3.97. The predicted molar refractivity (Wildman–Crippen MR) is 101 cm³/mol. The highest BCUT2D eigenvalue weighted by atomic mass is 32.2. The molecular weight excluding hydrogens is 366 g/mol. The Bertz CT molecular complexity index is 786. The first-order valence-electron chi connectivity index (χ1n) is 9.53. The normalized spacial score (nSPS) is 21.4. The second kappa shape index (κ2) is 8.39. The number of nitrogens with two attached hydrogens (primary N) is 1. The SMILES string of the molecule is NS(=O)(=O)c1ccc(CCNC(=O)[C@H]2CC(=O)N(C3CCCCC3)C2)cc1. The Hall–Kier alpha value is -1.93. The van der Waals surface area contributed by atoms with Crippen LogP contribution in [-0.4, -0.2) is 44.3 Å². The number of carbonyl (C=O) groups excluding carboxylic acids is 2. The smallest absolute Gasteiger partial charge is 0.238 e. The zero-order valence-corrected chi connectivity index (χ0v) is 16.2. The van der Waals surface area contributed by atoms with E-state index in [0.29, 0.717) is 32.0 Å². The number of sulfonamides is 1. The van der Waals surface area contributed by atoms with Gasteiger partial charge in [0.1, 0.15) is 0 Å². The predicted octanol–water partition coefficient (Wildman–Crippen LogP) is 1.17. The van der Waals surface area contributed by atoms with Crippen molar-refractivity contribution in [2.75, 3.05) is 13.1 Å². The summed E-state index contributed by atoms with van der Waals surface area (Å²) in [6.07, 6.45) is 6.55. The topological polar surface area (TPSA) is 110 Å². The number of hydrogen-bond donors (Lipinski definition) is 2. The van der Waals surface area contributed by atoms with Crippen molar-refractivity contribution in [3.63, 3.8) is 0 Å². The molecule has 1 heterocycles. The molecule has 1 aromatic carbocycles. The highest BCUT2D eigenvalue weighted by Gasteiger charge is 2.37. The zero-order chi connectivity index (χ0) is 19.4. The van der Waals surface area contributed by atoms with Crippen LogP contribution in [0.15, 0.2) is 29.2 Å². The third kappa shape index (κ3) is 5.07. The second-order valence-electron chi connectivity index (χ2n) is 7.47. The summed E-state index contributed by atoms with van der Waals surface area (Å²) in [4.78, 5) is 26.7. The number of primary sulfonamides is 1. The van der Waals surface area contributed by atoms with Crippen LogP contribution in [0.2, 0.25) is 0 Å². The summed E-state index contributed by atoms with van der Waals surface area (Å²) in [6.45, 7) is 0.972. The lowest BCUT2D eigenvalue weighted by Gasteiger charge is -2.31. The molecule has 2 aliphatic rings. The van der Waals surface area contributed by atoms with Gasteiger partial charge in [0.25, 0.3) is 0 Å². The summed E-state index contributed by atoms with van der Waals surface area (Å²) in [5, 5.41) is 7.98. The molecule has 8 heteroatoms. The Morgan fingerprint density at radius 3 is 2.44 bits per heavy atom. The maximum absolute atomic E-state index is 12.4. The van der Waals surface area contributed by atoms with Gasteiger partial charge in [-0.1, -0.05) is 31.4 Å². The maximum Gasteiger partial charge on any atom is 0.238 e. The van der Waals surface area contributed by atoms with Crippen LogP contribution < -0.4 is 10.5 Å². The Kier molecular flexibility index (Phi) is 6.16. The number of amides is 2. The van der Waals surface area contributed by atoms with Gasteiger partial charge >= 0.3 is 0 Å². The van der Waals surface area contributed by atoms with Crippen molar-refractivity contribution < 1.29 is 18.0 Å². The molecule has 27 heavy (non-hydrogen) atoms. The van der Waals surface area contributed by atoms with Gasteiger partial charge in [-0.3, -0.25) is 9.59 Å². The van der Waals surface area contributed by atoms with Crippen LogP contribution in [0.5, 0.6) is 0 Å².